The lowest BCUT2D eigenvalue weighted by Gasteiger charge is -2.19. The van der Waals surface area contributed by atoms with Crippen molar-refractivity contribution in [2.75, 3.05) is 11.1 Å². The Bertz CT molecular complexity index is 764. The summed E-state index contributed by atoms with van der Waals surface area (Å²) in [5.74, 6) is -0.950. The maximum atomic E-state index is 11.7. The molecule has 24 heavy (non-hydrogen) atoms. The summed E-state index contributed by atoms with van der Waals surface area (Å²) in [5, 5.41) is 11.9. The molecule has 0 spiro atoms. The van der Waals surface area contributed by atoms with Gasteiger partial charge in [-0.05, 0) is 44.5 Å². The summed E-state index contributed by atoms with van der Waals surface area (Å²) < 4.78 is 5.17. The number of amides is 1. The first kappa shape index (κ1) is 17.3. The fourth-order valence-corrected chi connectivity index (χ4v) is 2.03. The van der Waals surface area contributed by atoms with Crippen LogP contribution in [0.4, 0.5) is 16.3 Å². The van der Waals surface area contributed by atoms with E-state index in [-0.39, 0.29) is 11.4 Å². The molecule has 7 nitrogen and oxygen atoms in total. The number of hydrogen-bond acceptors (Lipinski definition) is 5. The van der Waals surface area contributed by atoms with Crippen molar-refractivity contribution >= 4 is 23.6 Å². The molecule has 2 rings (SSSR count). The van der Waals surface area contributed by atoms with Gasteiger partial charge in [-0.15, -0.1) is 0 Å². The van der Waals surface area contributed by atoms with Gasteiger partial charge in [0.2, 0.25) is 0 Å². The number of ether oxygens (including phenoxy) is 1. The van der Waals surface area contributed by atoms with Gasteiger partial charge < -0.3 is 15.6 Å². The molecule has 0 bridgehead atoms. The van der Waals surface area contributed by atoms with Crippen molar-refractivity contribution in [3.8, 4) is 11.1 Å². The Labute approximate surface area is 139 Å². The Hall–Kier alpha value is -3.09. The Kier molecular flexibility index (Phi) is 4.73. The molecule has 4 N–H and O–H groups in total. The molecule has 1 aromatic carbocycles. The van der Waals surface area contributed by atoms with Crippen molar-refractivity contribution in [3.05, 3.63) is 42.1 Å². The summed E-state index contributed by atoms with van der Waals surface area (Å²) in [7, 11) is 0. The summed E-state index contributed by atoms with van der Waals surface area (Å²) in [6.45, 7) is 5.33. The molecular weight excluding hydrogens is 310 g/mol. The third kappa shape index (κ3) is 4.45. The lowest BCUT2D eigenvalue weighted by molar-refractivity contribution is 0.0634. The topological polar surface area (TPSA) is 115 Å². The first-order valence-corrected chi connectivity index (χ1v) is 7.25. The number of carbonyl (C=O) groups excluding carboxylic acids is 1. The van der Waals surface area contributed by atoms with E-state index in [2.05, 4.69) is 10.3 Å². The molecule has 7 heteroatoms. The number of nitrogens with one attached hydrogen (secondary N) is 1. The molecular formula is C17H19N3O4. The molecule has 0 aliphatic heterocycles. The van der Waals surface area contributed by atoms with Gasteiger partial charge >= 0.3 is 12.1 Å². The van der Waals surface area contributed by atoms with Gasteiger partial charge in [-0.25, -0.2) is 14.6 Å². The van der Waals surface area contributed by atoms with Crippen LogP contribution in [-0.4, -0.2) is 27.8 Å². The van der Waals surface area contributed by atoms with Crippen LogP contribution in [0.25, 0.3) is 11.1 Å². The second-order valence-corrected chi connectivity index (χ2v) is 6.16. The Morgan fingerprint density at radius 2 is 1.83 bits per heavy atom. The number of nitrogen functional groups attached to an aromatic ring is 1. The molecule has 0 saturated heterocycles. The minimum Gasteiger partial charge on any atom is -0.478 e. The van der Waals surface area contributed by atoms with Crippen molar-refractivity contribution < 1.29 is 19.4 Å². The highest BCUT2D eigenvalue weighted by atomic mass is 16.6. The molecule has 0 radical (unpaired) electrons. The molecule has 126 valence electrons. The molecule has 0 aliphatic carbocycles. The average Bonchev–Trinajstić information content (AvgIpc) is 2.46. The Morgan fingerprint density at radius 3 is 2.38 bits per heavy atom. The highest BCUT2D eigenvalue weighted by Gasteiger charge is 2.17. The first-order valence-electron chi connectivity index (χ1n) is 7.25. The van der Waals surface area contributed by atoms with E-state index in [1.807, 2.05) is 0 Å². The molecule has 0 fully saturated rings. The maximum absolute atomic E-state index is 11.7. The molecule has 1 amide bonds. The van der Waals surface area contributed by atoms with Crippen LogP contribution in [-0.2, 0) is 4.74 Å². The summed E-state index contributed by atoms with van der Waals surface area (Å²) in [6, 6.07) is 7.99. The quantitative estimate of drug-likeness (QED) is 0.795. The zero-order chi connectivity index (χ0) is 17.9. The third-order valence-electron chi connectivity index (χ3n) is 3.00. The molecule has 0 aliphatic rings. The minimum absolute atomic E-state index is 0.0651. The lowest BCUT2D eigenvalue weighted by atomic mass is 10.0. The predicted octanol–water partition coefficient (Wildman–Crippen LogP) is 3.38. The predicted molar refractivity (Wildman–Crippen MR) is 90.9 cm³/mol. The molecule has 2 aromatic rings. The first-order chi connectivity index (χ1) is 11.2. The zero-order valence-electron chi connectivity index (χ0n) is 13.7. The Morgan fingerprint density at radius 1 is 1.21 bits per heavy atom. The van der Waals surface area contributed by atoms with Crippen LogP contribution in [0.3, 0.4) is 0 Å². The van der Waals surface area contributed by atoms with Crippen LogP contribution in [0.15, 0.2) is 36.5 Å². The second-order valence-electron chi connectivity index (χ2n) is 6.16. The van der Waals surface area contributed by atoms with Gasteiger partial charge in [0.25, 0.3) is 0 Å². The van der Waals surface area contributed by atoms with E-state index < -0.39 is 17.7 Å². The van der Waals surface area contributed by atoms with Gasteiger partial charge in [0.15, 0.2) is 0 Å². The van der Waals surface area contributed by atoms with Gasteiger partial charge in [-0.1, -0.05) is 12.1 Å². The van der Waals surface area contributed by atoms with Crippen LogP contribution < -0.4 is 11.1 Å². The van der Waals surface area contributed by atoms with E-state index in [1.165, 1.54) is 12.3 Å². The summed E-state index contributed by atoms with van der Waals surface area (Å²) >= 11 is 0. The second kappa shape index (κ2) is 6.57. The fraction of sp³-hybridized carbons (Fsp3) is 0.235. The van der Waals surface area contributed by atoms with Crippen LogP contribution in [0.1, 0.15) is 31.1 Å². The molecule has 0 atom stereocenters. The van der Waals surface area contributed by atoms with Gasteiger partial charge in [0.1, 0.15) is 11.4 Å². The van der Waals surface area contributed by atoms with Crippen LogP contribution in [0.5, 0.6) is 0 Å². The van der Waals surface area contributed by atoms with E-state index >= 15 is 0 Å². The lowest BCUT2D eigenvalue weighted by Crippen LogP contribution is -2.27. The summed E-state index contributed by atoms with van der Waals surface area (Å²) in [6.07, 6.45) is 0.852. The number of rotatable bonds is 3. The Balaban J connectivity index is 2.21. The largest absolute Gasteiger partial charge is 0.478 e. The number of carbonyl (C=O) groups is 2. The van der Waals surface area contributed by atoms with Crippen molar-refractivity contribution in [2.24, 2.45) is 0 Å². The number of carboxylic acid groups (broad SMARTS) is 1. The number of aromatic nitrogens is 1. The maximum Gasteiger partial charge on any atom is 0.412 e. The number of pyridine rings is 1. The van der Waals surface area contributed by atoms with Gasteiger partial charge in [0, 0.05) is 17.4 Å². The molecule has 0 saturated carbocycles. The molecule has 1 heterocycles. The van der Waals surface area contributed by atoms with Gasteiger partial charge in [-0.3, -0.25) is 5.32 Å². The van der Waals surface area contributed by atoms with Gasteiger partial charge in [-0.2, -0.15) is 0 Å². The standard InChI is InChI=1S/C17H19N3O4/c1-17(2,3)24-16(23)20-11-6-4-10(5-7-11)13-9-19-14(18)8-12(13)15(21)22/h4-9H,1-3H3,(H2,18,19)(H,20,23)(H,21,22). The van der Waals surface area contributed by atoms with Crippen LogP contribution >= 0.6 is 0 Å². The van der Waals surface area contributed by atoms with Crippen molar-refractivity contribution in [3.63, 3.8) is 0 Å². The van der Waals surface area contributed by atoms with E-state index in [0.717, 1.165) is 0 Å². The van der Waals surface area contributed by atoms with Crippen molar-refractivity contribution in [1.29, 1.82) is 0 Å². The van der Waals surface area contributed by atoms with E-state index in [9.17, 15) is 14.7 Å². The van der Waals surface area contributed by atoms with Crippen molar-refractivity contribution in [1.82, 2.24) is 4.98 Å². The number of nitrogens with two attached hydrogens (primary N) is 1. The van der Waals surface area contributed by atoms with Crippen LogP contribution in [0, 0.1) is 0 Å². The summed E-state index contributed by atoms with van der Waals surface area (Å²) in [5.41, 5.74) is 6.64. The number of hydrogen-bond donors (Lipinski definition) is 3. The van der Waals surface area contributed by atoms with Crippen molar-refractivity contribution in [2.45, 2.75) is 26.4 Å². The fourth-order valence-electron chi connectivity index (χ4n) is 2.03. The monoisotopic (exact) mass is 329 g/mol. The van der Waals surface area contributed by atoms with Gasteiger partial charge in [0.05, 0.1) is 5.56 Å². The smallest absolute Gasteiger partial charge is 0.412 e. The molecule has 0 unspecified atom stereocenters. The average molecular weight is 329 g/mol. The number of benzene rings is 1. The highest BCUT2D eigenvalue weighted by molar-refractivity contribution is 5.96. The number of carboxylic acids is 1. The third-order valence-corrected chi connectivity index (χ3v) is 3.00. The number of aromatic carboxylic acids is 1. The highest BCUT2D eigenvalue weighted by Crippen LogP contribution is 2.26. The normalized spacial score (nSPS) is 11.0. The SMILES string of the molecule is CC(C)(C)OC(=O)Nc1ccc(-c2cnc(N)cc2C(=O)O)cc1. The number of anilines is 2. The zero-order valence-corrected chi connectivity index (χ0v) is 13.7. The van der Waals surface area contributed by atoms with E-state index in [0.29, 0.717) is 16.8 Å². The minimum atomic E-state index is -1.09. The van der Waals surface area contributed by atoms with E-state index in [4.69, 9.17) is 10.5 Å². The molecule has 1 aromatic heterocycles. The number of nitrogens with zero attached hydrogens (tertiary/aromatic N) is 1. The summed E-state index contributed by atoms with van der Waals surface area (Å²) in [4.78, 5) is 27.0. The van der Waals surface area contributed by atoms with E-state index in [1.54, 1.807) is 45.0 Å². The van der Waals surface area contributed by atoms with Crippen LogP contribution in [0.2, 0.25) is 0 Å².